The highest BCUT2D eigenvalue weighted by molar-refractivity contribution is 5.42. The van der Waals surface area contributed by atoms with E-state index in [2.05, 4.69) is 47.0 Å². The van der Waals surface area contributed by atoms with Crippen molar-refractivity contribution in [3.8, 4) is 0 Å². The van der Waals surface area contributed by atoms with Crippen LogP contribution >= 0.6 is 0 Å². The summed E-state index contributed by atoms with van der Waals surface area (Å²) >= 11 is 0. The summed E-state index contributed by atoms with van der Waals surface area (Å²) in [6.07, 6.45) is 10.3. The zero-order valence-electron chi connectivity index (χ0n) is 16.1. The first-order valence-electron chi connectivity index (χ1n) is 10.4. The van der Waals surface area contributed by atoms with Crippen molar-refractivity contribution in [1.82, 2.24) is 10.3 Å². The van der Waals surface area contributed by atoms with Crippen LogP contribution in [0.15, 0.2) is 54.7 Å². The van der Waals surface area contributed by atoms with Crippen LogP contribution in [0.3, 0.4) is 0 Å². The quantitative estimate of drug-likeness (QED) is 0.560. The van der Waals surface area contributed by atoms with E-state index in [-0.39, 0.29) is 11.0 Å². The Balaban J connectivity index is 1.40. The summed E-state index contributed by atoms with van der Waals surface area (Å²) in [6, 6.07) is 16.7. The predicted molar refractivity (Wildman–Crippen MR) is 110 cm³/mol. The summed E-state index contributed by atoms with van der Waals surface area (Å²) in [5.74, 6) is 0. The smallest absolute Gasteiger partial charge is 0.0691 e. The van der Waals surface area contributed by atoms with Crippen molar-refractivity contribution in [2.24, 2.45) is 0 Å². The Morgan fingerprint density at radius 3 is 2.56 bits per heavy atom. The maximum atomic E-state index is 6.33. The molecule has 1 unspecified atom stereocenters. The number of ether oxygens (including phenoxy) is 1. The minimum Gasteiger partial charge on any atom is -0.375 e. The second-order valence-corrected chi connectivity index (χ2v) is 8.13. The number of anilines is 1. The second kappa shape index (κ2) is 8.41. The highest BCUT2D eigenvalue weighted by atomic mass is 16.5. The number of hydrogen-bond donors (Lipinski definition) is 2. The van der Waals surface area contributed by atoms with Crippen LogP contribution in [-0.2, 0) is 10.2 Å². The number of nitrogens with zero attached hydrogens (tertiary/aromatic N) is 1. The Morgan fingerprint density at radius 1 is 0.963 bits per heavy atom. The van der Waals surface area contributed by atoms with Gasteiger partial charge >= 0.3 is 0 Å². The molecule has 2 heterocycles. The first kappa shape index (κ1) is 18.5. The molecule has 2 aliphatic rings. The van der Waals surface area contributed by atoms with Crippen molar-refractivity contribution in [2.45, 2.75) is 56.0 Å². The van der Waals surface area contributed by atoms with E-state index in [9.17, 15) is 0 Å². The monoisotopic (exact) mass is 365 g/mol. The molecule has 1 saturated carbocycles. The van der Waals surface area contributed by atoms with Gasteiger partial charge in [0.2, 0.25) is 0 Å². The highest BCUT2D eigenvalue weighted by Gasteiger charge is 2.48. The van der Waals surface area contributed by atoms with Crippen LogP contribution in [0.5, 0.6) is 0 Å². The molecule has 2 N–H and O–H groups in total. The minimum absolute atomic E-state index is 0.0953. The average Bonchev–Trinajstić information content (AvgIpc) is 3.16. The molecule has 1 aromatic heterocycles. The standard InChI is InChI=1S/C23H31N3O/c1-2-8-20(9-3-1)26-19-24-16-13-22(21-10-4-7-15-25-21)14-17-27-23(18-22)11-5-6-12-23/h1-4,7-10,15,24,26H,5-6,11-14,16-19H2. The molecule has 4 heteroatoms. The molecule has 0 amide bonds. The number of para-hydroxylation sites is 1. The van der Waals surface area contributed by atoms with Gasteiger partial charge in [-0.2, -0.15) is 0 Å². The fraction of sp³-hybridized carbons (Fsp3) is 0.522. The van der Waals surface area contributed by atoms with Gasteiger partial charge in [0.25, 0.3) is 0 Å². The summed E-state index contributed by atoms with van der Waals surface area (Å²) in [5, 5.41) is 7.01. The molecule has 1 atom stereocenters. The molecule has 144 valence electrons. The Kier molecular flexibility index (Phi) is 5.74. The molecule has 4 rings (SSSR count). The lowest BCUT2D eigenvalue weighted by Gasteiger charge is -2.46. The van der Waals surface area contributed by atoms with Crippen molar-refractivity contribution < 1.29 is 4.74 Å². The third-order valence-corrected chi connectivity index (χ3v) is 6.34. The second-order valence-electron chi connectivity index (χ2n) is 8.13. The zero-order chi connectivity index (χ0) is 18.4. The summed E-state index contributed by atoms with van der Waals surface area (Å²) in [5.41, 5.74) is 2.62. The molecule has 1 aliphatic heterocycles. The molecule has 0 radical (unpaired) electrons. The number of rotatable bonds is 7. The largest absolute Gasteiger partial charge is 0.375 e. The average molecular weight is 366 g/mol. The molecule has 1 spiro atoms. The molecule has 0 bridgehead atoms. The Morgan fingerprint density at radius 2 is 1.78 bits per heavy atom. The molecule has 2 fully saturated rings. The molecule has 1 aromatic carbocycles. The van der Waals surface area contributed by atoms with Crippen LogP contribution < -0.4 is 10.6 Å². The Hall–Kier alpha value is -1.91. The van der Waals surface area contributed by atoms with Gasteiger partial charge in [0.05, 0.1) is 12.3 Å². The number of aromatic nitrogens is 1. The normalized spacial score (nSPS) is 24.1. The van der Waals surface area contributed by atoms with Crippen molar-refractivity contribution in [1.29, 1.82) is 0 Å². The van der Waals surface area contributed by atoms with Gasteiger partial charge in [-0.25, -0.2) is 0 Å². The molecule has 1 saturated heterocycles. The summed E-state index contributed by atoms with van der Waals surface area (Å²) in [6.45, 7) is 2.62. The topological polar surface area (TPSA) is 46.2 Å². The Bertz CT molecular complexity index is 700. The fourth-order valence-corrected chi connectivity index (χ4v) is 4.93. The van der Waals surface area contributed by atoms with Gasteiger partial charge in [0.1, 0.15) is 0 Å². The van der Waals surface area contributed by atoms with Crippen LogP contribution in [0.25, 0.3) is 0 Å². The van der Waals surface area contributed by atoms with E-state index in [1.807, 2.05) is 18.3 Å². The van der Waals surface area contributed by atoms with Crippen molar-refractivity contribution in [3.05, 3.63) is 60.4 Å². The van der Waals surface area contributed by atoms with E-state index in [4.69, 9.17) is 9.72 Å². The lowest BCUT2D eigenvalue weighted by atomic mass is 9.68. The first-order valence-corrected chi connectivity index (χ1v) is 10.4. The summed E-state index contributed by atoms with van der Waals surface area (Å²) in [4.78, 5) is 4.78. The maximum Gasteiger partial charge on any atom is 0.0691 e. The van der Waals surface area contributed by atoms with Gasteiger partial charge in [0.15, 0.2) is 0 Å². The van der Waals surface area contributed by atoms with Crippen LogP contribution in [0.4, 0.5) is 5.69 Å². The van der Waals surface area contributed by atoms with Gasteiger partial charge in [-0.05, 0) is 62.9 Å². The third-order valence-electron chi connectivity index (χ3n) is 6.34. The van der Waals surface area contributed by atoms with Gasteiger partial charge in [0, 0.05) is 29.6 Å². The lowest BCUT2D eigenvalue weighted by molar-refractivity contribution is -0.104. The lowest BCUT2D eigenvalue weighted by Crippen LogP contribution is -2.47. The van der Waals surface area contributed by atoms with E-state index in [1.54, 1.807) is 0 Å². The third kappa shape index (κ3) is 4.33. The number of benzene rings is 1. The molecular weight excluding hydrogens is 334 g/mol. The summed E-state index contributed by atoms with van der Waals surface area (Å²) < 4.78 is 6.33. The highest BCUT2D eigenvalue weighted by Crippen LogP contribution is 2.49. The maximum absolute atomic E-state index is 6.33. The van der Waals surface area contributed by atoms with E-state index < -0.39 is 0 Å². The number of pyridine rings is 1. The summed E-state index contributed by atoms with van der Waals surface area (Å²) in [7, 11) is 0. The Labute approximate surface area is 162 Å². The van der Waals surface area contributed by atoms with Crippen LogP contribution in [0, 0.1) is 0 Å². The predicted octanol–water partition coefficient (Wildman–Crippen LogP) is 4.49. The molecule has 2 aromatic rings. The molecule has 4 nitrogen and oxygen atoms in total. The van der Waals surface area contributed by atoms with Gasteiger partial charge in [-0.15, -0.1) is 0 Å². The van der Waals surface area contributed by atoms with Crippen LogP contribution in [0.2, 0.25) is 0 Å². The van der Waals surface area contributed by atoms with E-state index in [1.165, 1.54) is 31.4 Å². The van der Waals surface area contributed by atoms with Gasteiger partial charge in [-0.1, -0.05) is 37.1 Å². The van der Waals surface area contributed by atoms with Crippen molar-refractivity contribution in [2.75, 3.05) is 25.1 Å². The fourth-order valence-electron chi connectivity index (χ4n) is 4.93. The number of nitrogens with one attached hydrogen (secondary N) is 2. The zero-order valence-corrected chi connectivity index (χ0v) is 16.1. The molecular formula is C23H31N3O. The van der Waals surface area contributed by atoms with Crippen molar-refractivity contribution >= 4 is 5.69 Å². The minimum atomic E-state index is 0.0953. The number of hydrogen-bond acceptors (Lipinski definition) is 4. The van der Waals surface area contributed by atoms with E-state index >= 15 is 0 Å². The molecule has 1 aliphatic carbocycles. The van der Waals surface area contributed by atoms with E-state index in [0.29, 0.717) is 0 Å². The van der Waals surface area contributed by atoms with Crippen LogP contribution in [-0.4, -0.2) is 30.4 Å². The first-order chi connectivity index (χ1) is 13.3. The van der Waals surface area contributed by atoms with E-state index in [0.717, 1.165) is 44.8 Å². The molecule has 27 heavy (non-hydrogen) atoms. The van der Waals surface area contributed by atoms with Gasteiger partial charge in [-0.3, -0.25) is 4.98 Å². The SMILES string of the molecule is c1ccc(NCNCCC2(c3ccccn3)CCOC3(CCCC3)C2)cc1. The van der Waals surface area contributed by atoms with Crippen LogP contribution in [0.1, 0.15) is 50.6 Å². The van der Waals surface area contributed by atoms with Crippen molar-refractivity contribution in [3.63, 3.8) is 0 Å². The van der Waals surface area contributed by atoms with Gasteiger partial charge < -0.3 is 15.4 Å².